The molecule has 82 valence electrons. The number of carbonyl (C=O) groups excluding carboxylic acids is 1. The quantitative estimate of drug-likeness (QED) is 0.417. The van der Waals surface area contributed by atoms with Crippen molar-refractivity contribution in [2.24, 2.45) is 11.8 Å². The zero-order chi connectivity index (χ0) is 10.4. The first-order valence-corrected chi connectivity index (χ1v) is 5.29. The van der Waals surface area contributed by atoms with Crippen LogP contribution in [-0.2, 0) is 9.53 Å². The SMILES string of the molecule is CN(N)C(=O)COCC1CCCCC1. The van der Waals surface area contributed by atoms with Gasteiger partial charge in [-0.15, -0.1) is 0 Å². The molecule has 14 heavy (non-hydrogen) atoms. The lowest BCUT2D eigenvalue weighted by Crippen LogP contribution is -2.36. The minimum Gasteiger partial charge on any atom is -0.371 e. The average Bonchev–Trinajstić information content (AvgIpc) is 2.19. The number of amides is 1. The molecule has 1 amide bonds. The van der Waals surface area contributed by atoms with E-state index < -0.39 is 0 Å². The molecular weight excluding hydrogens is 180 g/mol. The molecule has 2 N–H and O–H groups in total. The van der Waals surface area contributed by atoms with Crippen LogP contribution in [0.4, 0.5) is 0 Å². The van der Waals surface area contributed by atoms with Crippen LogP contribution >= 0.6 is 0 Å². The number of rotatable bonds is 4. The summed E-state index contributed by atoms with van der Waals surface area (Å²) < 4.78 is 5.32. The van der Waals surface area contributed by atoms with E-state index >= 15 is 0 Å². The highest BCUT2D eigenvalue weighted by atomic mass is 16.5. The van der Waals surface area contributed by atoms with E-state index in [4.69, 9.17) is 10.6 Å². The van der Waals surface area contributed by atoms with Crippen molar-refractivity contribution in [1.82, 2.24) is 5.01 Å². The molecule has 0 atom stereocenters. The molecule has 1 fully saturated rings. The summed E-state index contributed by atoms with van der Waals surface area (Å²) in [6.45, 7) is 0.822. The first-order chi connectivity index (χ1) is 6.70. The number of hydrogen-bond acceptors (Lipinski definition) is 3. The van der Waals surface area contributed by atoms with Gasteiger partial charge in [-0.2, -0.15) is 0 Å². The van der Waals surface area contributed by atoms with Crippen LogP contribution in [0.15, 0.2) is 0 Å². The van der Waals surface area contributed by atoms with Gasteiger partial charge < -0.3 is 4.74 Å². The molecule has 4 nitrogen and oxygen atoms in total. The number of nitrogens with two attached hydrogens (primary N) is 1. The molecule has 0 bridgehead atoms. The molecule has 1 rings (SSSR count). The Kier molecular flexibility index (Phi) is 4.90. The monoisotopic (exact) mass is 200 g/mol. The third kappa shape index (κ3) is 4.07. The Morgan fingerprint density at radius 3 is 2.64 bits per heavy atom. The molecule has 0 aromatic heterocycles. The highest BCUT2D eigenvalue weighted by Gasteiger charge is 2.14. The van der Waals surface area contributed by atoms with Crippen LogP contribution in [-0.4, -0.2) is 31.2 Å². The van der Waals surface area contributed by atoms with Crippen molar-refractivity contribution in [3.63, 3.8) is 0 Å². The lowest BCUT2D eigenvalue weighted by molar-refractivity contribution is -0.135. The standard InChI is InChI=1S/C10H20N2O2/c1-12(11)10(13)8-14-7-9-5-3-2-4-6-9/h9H,2-8,11H2,1H3. The van der Waals surface area contributed by atoms with Crippen molar-refractivity contribution < 1.29 is 9.53 Å². The zero-order valence-corrected chi connectivity index (χ0v) is 8.87. The second-order valence-corrected chi connectivity index (χ2v) is 4.02. The lowest BCUT2D eigenvalue weighted by atomic mass is 9.90. The van der Waals surface area contributed by atoms with Gasteiger partial charge in [0.05, 0.1) is 6.61 Å². The normalized spacial score (nSPS) is 18.1. The Labute approximate surface area is 85.4 Å². The molecule has 0 saturated heterocycles. The van der Waals surface area contributed by atoms with Crippen molar-refractivity contribution in [1.29, 1.82) is 0 Å². The summed E-state index contributed by atoms with van der Waals surface area (Å²) in [6.07, 6.45) is 6.44. The molecule has 0 spiro atoms. The minimum absolute atomic E-state index is 0.115. The Bertz CT molecular complexity index is 177. The van der Waals surface area contributed by atoms with Crippen LogP contribution in [0.3, 0.4) is 0 Å². The molecule has 0 aromatic rings. The molecule has 0 aromatic carbocycles. The smallest absolute Gasteiger partial charge is 0.262 e. The van der Waals surface area contributed by atoms with Crippen LogP contribution in [0.2, 0.25) is 0 Å². The van der Waals surface area contributed by atoms with Gasteiger partial charge in [-0.1, -0.05) is 19.3 Å². The highest BCUT2D eigenvalue weighted by Crippen LogP contribution is 2.23. The maximum Gasteiger partial charge on any atom is 0.262 e. The summed E-state index contributed by atoms with van der Waals surface area (Å²) >= 11 is 0. The van der Waals surface area contributed by atoms with Crippen LogP contribution in [0.5, 0.6) is 0 Å². The zero-order valence-electron chi connectivity index (χ0n) is 8.87. The third-order valence-corrected chi connectivity index (χ3v) is 2.70. The van der Waals surface area contributed by atoms with Gasteiger partial charge in [-0.05, 0) is 18.8 Å². The molecule has 0 heterocycles. The Morgan fingerprint density at radius 1 is 1.43 bits per heavy atom. The number of hydrazine groups is 1. The van der Waals surface area contributed by atoms with Gasteiger partial charge in [0, 0.05) is 7.05 Å². The Balaban J connectivity index is 2.05. The maximum absolute atomic E-state index is 11.1. The second-order valence-electron chi connectivity index (χ2n) is 4.02. The fourth-order valence-corrected chi connectivity index (χ4v) is 1.77. The summed E-state index contributed by atoms with van der Waals surface area (Å²) in [5.74, 6) is 5.75. The van der Waals surface area contributed by atoms with E-state index in [9.17, 15) is 4.79 Å². The Hall–Kier alpha value is -0.610. The summed E-state index contributed by atoms with van der Waals surface area (Å²) in [7, 11) is 1.53. The van der Waals surface area contributed by atoms with Crippen LogP contribution in [0.1, 0.15) is 32.1 Å². The van der Waals surface area contributed by atoms with Crippen LogP contribution in [0, 0.1) is 5.92 Å². The van der Waals surface area contributed by atoms with Crippen molar-refractivity contribution in [3.8, 4) is 0 Å². The van der Waals surface area contributed by atoms with Gasteiger partial charge in [0.1, 0.15) is 6.61 Å². The molecule has 1 saturated carbocycles. The summed E-state index contributed by atoms with van der Waals surface area (Å²) in [4.78, 5) is 11.1. The first-order valence-electron chi connectivity index (χ1n) is 5.29. The van der Waals surface area contributed by atoms with Gasteiger partial charge in [-0.3, -0.25) is 9.80 Å². The van der Waals surface area contributed by atoms with Crippen molar-refractivity contribution in [3.05, 3.63) is 0 Å². The van der Waals surface area contributed by atoms with Crippen LogP contribution < -0.4 is 5.84 Å². The van der Waals surface area contributed by atoms with E-state index in [0.717, 1.165) is 5.01 Å². The fraction of sp³-hybridized carbons (Fsp3) is 0.900. The number of carbonyl (C=O) groups is 1. The largest absolute Gasteiger partial charge is 0.371 e. The van der Waals surface area contributed by atoms with E-state index in [1.165, 1.54) is 39.2 Å². The van der Waals surface area contributed by atoms with Gasteiger partial charge in [0.15, 0.2) is 0 Å². The van der Waals surface area contributed by atoms with Gasteiger partial charge >= 0.3 is 0 Å². The average molecular weight is 200 g/mol. The molecule has 1 aliphatic carbocycles. The second kappa shape index (κ2) is 5.98. The number of likely N-dealkylation sites (N-methyl/N-ethyl adjacent to an activating group) is 1. The number of ether oxygens (including phenoxy) is 1. The maximum atomic E-state index is 11.1. The van der Waals surface area contributed by atoms with Gasteiger partial charge in [0.25, 0.3) is 5.91 Å². The predicted molar refractivity (Wildman–Crippen MR) is 54.4 cm³/mol. The topological polar surface area (TPSA) is 55.6 Å². The molecule has 0 radical (unpaired) electrons. The molecule has 0 unspecified atom stereocenters. The lowest BCUT2D eigenvalue weighted by Gasteiger charge is -2.21. The molecule has 4 heteroatoms. The Morgan fingerprint density at radius 2 is 2.07 bits per heavy atom. The van der Waals surface area contributed by atoms with E-state index in [1.54, 1.807) is 0 Å². The highest BCUT2D eigenvalue weighted by molar-refractivity contribution is 5.76. The predicted octanol–water partition coefficient (Wildman–Crippen LogP) is 0.915. The van der Waals surface area contributed by atoms with E-state index in [-0.39, 0.29) is 12.5 Å². The van der Waals surface area contributed by atoms with Crippen molar-refractivity contribution >= 4 is 5.91 Å². The number of hydrogen-bond donors (Lipinski definition) is 1. The van der Waals surface area contributed by atoms with Crippen molar-refractivity contribution in [2.75, 3.05) is 20.3 Å². The molecule has 0 aliphatic heterocycles. The van der Waals surface area contributed by atoms with Gasteiger partial charge in [0.2, 0.25) is 0 Å². The van der Waals surface area contributed by atoms with Crippen LogP contribution in [0.25, 0.3) is 0 Å². The van der Waals surface area contributed by atoms with E-state index in [1.807, 2.05) is 0 Å². The summed E-state index contributed by atoms with van der Waals surface area (Å²) in [5.41, 5.74) is 0. The molecule has 1 aliphatic rings. The van der Waals surface area contributed by atoms with Gasteiger partial charge in [-0.25, -0.2) is 5.84 Å². The first kappa shape index (κ1) is 11.5. The van der Waals surface area contributed by atoms with E-state index in [2.05, 4.69) is 0 Å². The number of nitrogens with zero attached hydrogens (tertiary/aromatic N) is 1. The third-order valence-electron chi connectivity index (χ3n) is 2.70. The summed E-state index contributed by atoms with van der Waals surface area (Å²) in [6, 6.07) is 0. The fourth-order valence-electron chi connectivity index (χ4n) is 1.77. The van der Waals surface area contributed by atoms with E-state index in [0.29, 0.717) is 12.5 Å². The van der Waals surface area contributed by atoms with Crippen molar-refractivity contribution in [2.45, 2.75) is 32.1 Å². The molecular formula is C10H20N2O2. The minimum atomic E-state index is -0.166. The summed E-state index contributed by atoms with van der Waals surface area (Å²) in [5, 5.41) is 1.07.